The molecule has 3 amide bonds. The largest absolute Gasteiger partial charge is 0.493 e. The van der Waals surface area contributed by atoms with E-state index in [1.54, 1.807) is 50.3 Å². The lowest BCUT2D eigenvalue weighted by molar-refractivity contribution is -0.137. The number of carbonyl (C=O) groups excluding carboxylic acids is 3. The second-order valence-electron chi connectivity index (χ2n) is 7.57. The first-order chi connectivity index (χ1) is 14.4. The summed E-state index contributed by atoms with van der Waals surface area (Å²) in [5.74, 6) is 0.159. The number of carbonyl (C=O) groups is 3. The Kier molecular flexibility index (Phi) is 4.97. The van der Waals surface area contributed by atoms with Gasteiger partial charge in [0.05, 0.1) is 31.4 Å². The molecule has 7 nitrogen and oxygen atoms in total. The smallest absolute Gasteiger partial charge is 0.262 e. The first kappa shape index (κ1) is 19.9. The van der Waals surface area contributed by atoms with E-state index in [0.29, 0.717) is 35.6 Å². The van der Waals surface area contributed by atoms with E-state index in [1.807, 2.05) is 19.1 Å². The summed E-state index contributed by atoms with van der Waals surface area (Å²) in [5.41, 5.74) is 2.76. The van der Waals surface area contributed by atoms with E-state index in [4.69, 9.17) is 9.47 Å². The number of fused-ring (bicyclic) bond motifs is 2. The van der Waals surface area contributed by atoms with Crippen molar-refractivity contribution in [1.29, 1.82) is 0 Å². The Morgan fingerprint density at radius 3 is 2.17 bits per heavy atom. The highest BCUT2D eigenvalue weighted by atomic mass is 16.5. The molecule has 30 heavy (non-hydrogen) atoms. The Balaban J connectivity index is 1.61. The molecule has 0 radical (unpaired) electrons. The molecule has 0 saturated heterocycles. The fraction of sp³-hybridized carbons (Fsp3) is 0.348. The number of hydrogen-bond acceptors (Lipinski definition) is 5. The number of methoxy groups -OCH3 is 2. The van der Waals surface area contributed by atoms with Gasteiger partial charge in [-0.1, -0.05) is 12.1 Å². The average Bonchev–Trinajstić information content (AvgIpc) is 3.02. The summed E-state index contributed by atoms with van der Waals surface area (Å²) in [5, 5.41) is 0. The van der Waals surface area contributed by atoms with Gasteiger partial charge in [-0.2, -0.15) is 0 Å². The first-order valence-corrected chi connectivity index (χ1v) is 9.91. The lowest BCUT2D eigenvalue weighted by atomic mass is 9.92. The molecule has 0 spiro atoms. The Bertz CT molecular complexity index is 1010. The molecule has 0 saturated carbocycles. The van der Waals surface area contributed by atoms with Crippen LogP contribution >= 0.6 is 0 Å². The fourth-order valence-electron chi connectivity index (χ4n) is 4.36. The van der Waals surface area contributed by atoms with Gasteiger partial charge in [-0.25, -0.2) is 0 Å². The summed E-state index contributed by atoms with van der Waals surface area (Å²) in [4.78, 5) is 41.7. The van der Waals surface area contributed by atoms with E-state index in [9.17, 15) is 14.4 Å². The van der Waals surface area contributed by atoms with Gasteiger partial charge in [-0.15, -0.1) is 0 Å². The monoisotopic (exact) mass is 408 g/mol. The third kappa shape index (κ3) is 2.93. The molecule has 2 aliphatic rings. The quantitative estimate of drug-likeness (QED) is 0.727. The third-order valence-corrected chi connectivity index (χ3v) is 6.04. The van der Waals surface area contributed by atoms with Crippen molar-refractivity contribution in [3.8, 4) is 11.5 Å². The number of imide groups is 1. The minimum absolute atomic E-state index is 0.223. The van der Waals surface area contributed by atoms with Gasteiger partial charge in [0.1, 0.15) is 6.04 Å². The molecule has 7 heteroatoms. The third-order valence-electron chi connectivity index (χ3n) is 6.04. The molecule has 156 valence electrons. The van der Waals surface area contributed by atoms with Crippen LogP contribution in [0.3, 0.4) is 0 Å². The molecule has 0 bridgehead atoms. The van der Waals surface area contributed by atoms with Gasteiger partial charge < -0.3 is 14.4 Å². The number of amides is 3. The van der Waals surface area contributed by atoms with Crippen molar-refractivity contribution in [1.82, 2.24) is 9.80 Å². The molecule has 0 fully saturated rings. The van der Waals surface area contributed by atoms with Crippen molar-refractivity contribution in [3.05, 3.63) is 58.7 Å². The molecular weight excluding hydrogens is 384 g/mol. The van der Waals surface area contributed by atoms with Crippen LogP contribution < -0.4 is 9.47 Å². The number of rotatable bonds is 4. The first-order valence-electron chi connectivity index (χ1n) is 9.91. The molecule has 4 rings (SSSR count). The maximum atomic E-state index is 13.3. The highest BCUT2D eigenvalue weighted by Crippen LogP contribution is 2.38. The molecule has 0 aliphatic carbocycles. The number of benzene rings is 2. The van der Waals surface area contributed by atoms with Crippen molar-refractivity contribution in [2.75, 3.05) is 20.8 Å². The van der Waals surface area contributed by atoms with Crippen LogP contribution in [0, 0.1) is 0 Å². The van der Waals surface area contributed by atoms with E-state index >= 15 is 0 Å². The minimum atomic E-state index is -0.887. The number of nitrogens with zero attached hydrogens (tertiary/aromatic N) is 2. The molecular formula is C23H24N2O5. The maximum Gasteiger partial charge on any atom is 0.262 e. The second-order valence-corrected chi connectivity index (χ2v) is 7.57. The number of ether oxygens (including phenoxy) is 2. The minimum Gasteiger partial charge on any atom is -0.493 e. The molecule has 0 N–H and O–H groups in total. The predicted octanol–water partition coefficient (Wildman–Crippen LogP) is 2.83. The molecule has 2 aromatic rings. The van der Waals surface area contributed by atoms with E-state index in [0.717, 1.165) is 16.0 Å². The van der Waals surface area contributed by atoms with E-state index in [1.165, 1.54) is 0 Å². The zero-order valence-corrected chi connectivity index (χ0v) is 17.5. The zero-order valence-electron chi connectivity index (χ0n) is 17.5. The van der Waals surface area contributed by atoms with Gasteiger partial charge in [0.25, 0.3) is 11.8 Å². The normalized spacial score (nSPS) is 18.7. The van der Waals surface area contributed by atoms with Crippen LogP contribution in [0.5, 0.6) is 11.5 Å². The van der Waals surface area contributed by atoms with Gasteiger partial charge in [0, 0.05) is 6.54 Å². The van der Waals surface area contributed by atoms with Crippen molar-refractivity contribution in [2.24, 2.45) is 0 Å². The molecule has 0 unspecified atom stereocenters. The topological polar surface area (TPSA) is 76.2 Å². The molecule has 2 heterocycles. The van der Waals surface area contributed by atoms with Crippen LogP contribution in [-0.2, 0) is 11.2 Å². The summed E-state index contributed by atoms with van der Waals surface area (Å²) in [6.45, 7) is 4.05. The Morgan fingerprint density at radius 2 is 1.60 bits per heavy atom. The summed E-state index contributed by atoms with van der Waals surface area (Å²) in [6.07, 6.45) is 0.653. The summed E-state index contributed by atoms with van der Waals surface area (Å²) < 4.78 is 10.8. The predicted molar refractivity (Wildman–Crippen MR) is 110 cm³/mol. The summed E-state index contributed by atoms with van der Waals surface area (Å²) in [6, 6.07) is 9.39. The van der Waals surface area contributed by atoms with Crippen molar-refractivity contribution in [3.63, 3.8) is 0 Å². The standard InChI is InChI=1S/C23H24N2O5/c1-13-18-12-20(30-4)19(29-3)11-15(18)9-10-24(13)21(26)14(2)25-22(27)16-7-5-6-8-17(16)23(25)28/h5-8,11-14H,9-10H2,1-4H3/t13-,14+/m1/s1. The average molecular weight is 408 g/mol. The SMILES string of the molecule is COc1cc2c(cc1OC)[C@@H](C)N(C(=O)[C@H](C)N1C(=O)c3ccccc3C1=O)CC2. The van der Waals surface area contributed by atoms with Crippen LogP contribution in [0.1, 0.15) is 51.7 Å². The second kappa shape index (κ2) is 7.48. The van der Waals surface area contributed by atoms with Crippen molar-refractivity contribution in [2.45, 2.75) is 32.4 Å². The highest BCUT2D eigenvalue weighted by molar-refractivity contribution is 6.22. The zero-order chi connectivity index (χ0) is 21.6. The highest BCUT2D eigenvalue weighted by Gasteiger charge is 2.43. The van der Waals surface area contributed by atoms with Crippen LogP contribution in [0.4, 0.5) is 0 Å². The maximum absolute atomic E-state index is 13.3. The fourth-order valence-corrected chi connectivity index (χ4v) is 4.36. The van der Waals surface area contributed by atoms with Gasteiger partial charge in [0.15, 0.2) is 11.5 Å². The lowest BCUT2D eigenvalue weighted by Crippen LogP contribution is -2.51. The van der Waals surface area contributed by atoms with E-state index in [-0.39, 0.29) is 11.9 Å². The molecule has 2 aromatic carbocycles. The Hall–Kier alpha value is -3.35. The lowest BCUT2D eigenvalue weighted by Gasteiger charge is -2.38. The van der Waals surface area contributed by atoms with Gasteiger partial charge in [-0.3, -0.25) is 19.3 Å². The van der Waals surface area contributed by atoms with E-state index in [2.05, 4.69) is 0 Å². The van der Waals surface area contributed by atoms with Crippen molar-refractivity contribution >= 4 is 17.7 Å². The van der Waals surface area contributed by atoms with Crippen LogP contribution in [0.25, 0.3) is 0 Å². The Labute approximate surface area is 175 Å². The van der Waals surface area contributed by atoms with E-state index < -0.39 is 17.9 Å². The molecule has 2 aliphatic heterocycles. The van der Waals surface area contributed by atoms with Crippen molar-refractivity contribution < 1.29 is 23.9 Å². The van der Waals surface area contributed by atoms with Gasteiger partial charge >= 0.3 is 0 Å². The van der Waals surface area contributed by atoms with Crippen LogP contribution in [-0.4, -0.2) is 54.3 Å². The molecule has 0 aromatic heterocycles. The number of hydrogen-bond donors (Lipinski definition) is 0. The summed E-state index contributed by atoms with van der Waals surface area (Å²) >= 11 is 0. The molecule has 2 atom stereocenters. The van der Waals surface area contributed by atoms with Gasteiger partial charge in [-0.05, 0) is 55.7 Å². The summed E-state index contributed by atoms with van der Waals surface area (Å²) in [7, 11) is 3.17. The Morgan fingerprint density at radius 1 is 1.03 bits per heavy atom. The van der Waals surface area contributed by atoms with Crippen LogP contribution in [0.2, 0.25) is 0 Å². The van der Waals surface area contributed by atoms with Crippen LogP contribution in [0.15, 0.2) is 36.4 Å². The van der Waals surface area contributed by atoms with Gasteiger partial charge in [0.2, 0.25) is 5.91 Å².